The Morgan fingerprint density at radius 1 is 0.549 bits per heavy atom. The van der Waals surface area contributed by atoms with E-state index in [9.17, 15) is 16.8 Å². The maximum atomic E-state index is 14.2. The summed E-state index contributed by atoms with van der Waals surface area (Å²) in [5.74, 6) is 0.788. The van der Waals surface area contributed by atoms with Crippen LogP contribution in [0.15, 0.2) is 127 Å². The monoisotopic (exact) mass is 742 g/mol. The molecule has 0 saturated carbocycles. The molecule has 2 aliphatic rings. The molecule has 11 heteroatoms. The normalized spacial score (nSPS) is 18.6. The van der Waals surface area contributed by atoms with Crippen molar-refractivity contribution in [3.8, 4) is 0 Å². The number of amidine groups is 2. The number of aliphatic imine (C=N–C) groups is 2. The number of benzene rings is 4. The number of hydrogen-bond donors (Lipinski definition) is 0. The van der Waals surface area contributed by atoms with Crippen LogP contribution in [0.2, 0.25) is 0 Å². The van der Waals surface area contributed by atoms with Gasteiger partial charge in [-0.05, 0) is 61.1 Å². The van der Waals surface area contributed by atoms with Crippen LogP contribution in [0.1, 0.15) is 63.8 Å². The number of hydrogen-bond acceptors (Lipinski definition) is 7. The molecule has 0 saturated heterocycles. The molecule has 268 valence electrons. The first-order valence-corrected chi connectivity index (χ1v) is 20.8. The van der Waals surface area contributed by atoms with E-state index in [2.05, 4.69) is 41.5 Å². The Balaban J connectivity index is 1.44. The Kier molecular flexibility index (Phi) is 9.80. The van der Waals surface area contributed by atoms with Crippen LogP contribution in [-0.2, 0) is 20.0 Å². The van der Waals surface area contributed by atoms with Crippen molar-refractivity contribution in [1.29, 1.82) is 0 Å². The first kappa shape index (κ1) is 36.8. The summed E-state index contributed by atoms with van der Waals surface area (Å²) in [6, 6.07) is 28.6. The van der Waals surface area contributed by atoms with E-state index in [-0.39, 0.29) is 45.8 Å². The molecule has 4 aromatic rings. The van der Waals surface area contributed by atoms with Crippen molar-refractivity contribution < 1.29 is 16.8 Å². The van der Waals surface area contributed by atoms with Gasteiger partial charge >= 0.3 is 0 Å². The predicted octanol–water partition coefficient (Wildman–Crippen LogP) is 8.19. The maximum Gasteiger partial charge on any atom is 0.265 e. The largest absolute Gasteiger partial charge is 0.265 e. The highest BCUT2D eigenvalue weighted by atomic mass is 32.2. The lowest BCUT2D eigenvalue weighted by Gasteiger charge is -2.26. The molecule has 0 fully saturated rings. The molecule has 6 rings (SSSR count). The van der Waals surface area contributed by atoms with E-state index in [1.54, 1.807) is 48.5 Å². The van der Waals surface area contributed by atoms with E-state index < -0.39 is 20.0 Å². The third-order valence-corrected chi connectivity index (χ3v) is 14.1. The van der Waals surface area contributed by atoms with Gasteiger partial charge in [-0.2, -0.15) is 0 Å². The number of nitrogens with zero attached hydrogens (tertiary/aromatic N) is 4. The minimum absolute atomic E-state index is 0.216. The van der Waals surface area contributed by atoms with E-state index in [1.165, 1.54) is 20.4 Å². The summed E-state index contributed by atoms with van der Waals surface area (Å²) in [5, 5.41) is 0. The van der Waals surface area contributed by atoms with E-state index in [0.717, 1.165) is 20.9 Å². The average molecular weight is 743 g/mol. The van der Waals surface area contributed by atoms with Crippen molar-refractivity contribution in [1.82, 2.24) is 8.61 Å². The molecular weight excluding hydrogens is 697 g/mol. The van der Waals surface area contributed by atoms with E-state index in [4.69, 9.17) is 9.98 Å². The van der Waals surface area contributed by atoms with Gasteiger partial charge in [0.15, 0.2) is 0 Å². The van der Waals surface area contributed by atoms with Crippen molar-refractivity contribution in [2.45, 2.75) is 87.1 Å². The lowest BCUT2D eigenvalue weighted by Crippen LogP contribution is -2.38. The fourth-order valence-electron chi connectivity index (χ4n) is 6.03. The number of rotatable bonds is 8. The molecular formula is C40H46N4O4S3. The van der Waals surface area contributed by atoms with Gasteiger partial charge in [0.25, 0.3) is 20.0 Å². The van der Waals surface area contributed by atoms with Crippen LogP contribution in [0.3, 0.4) is 0 Å². The van der Waals surface area contributed by atoms with Gasteiger partial charge in [-0.3, -0.25) is 9.98 Å². The first-order chi connectivity index (χ1) is 23.9. The third kappa shape index (κ3) is 7.39. The van der Waals surface area contributed by atoms with Crippen LogP contribution in [0, 0.1) is 24.7 Å². The fraction of sp³-hybridized carbons (Fsp3) is 0.350. The quantitative estimate of drug-likeness (QED) is 0.181. The van der Waals surface area contributed by atoms with E-state index in [0.29, 0.717) is 22.8 Å². The number of sulfonamides is 2. The SMILES string of the molecule is Cc1ccc(S(=O)(=O)N2C[C@H](C(C)(C)C)N=C2c2ccccc2Sc2ccccc2C2=N[C@@H](C(C)(C)C)CN2S(=O)(=O)c2ccc(C)cc2)cc1. The molecule has 0 aromatic heterocycles. The summed E-state index contributed by atoms with van der Waals surface area (Å²) in [6.45, 7) is 16.7. The summed E-state index contributed by atoms with van der Waals surface area (Å²) >= 11 is 1.45. The van der Waals surface area contributed by atoms with E-state index in [1.807, 2.05) is 62.4 Å². The molecule has 2 aliphatic heterocycles. The van der Waals surface area contributed by atoms with Gasteiger partial charge in [-0.1, -0.05) is 125 Å². The van der Waals surface area contributed by atoms with E-state index >= 15 is 0 Å². The topological polar surface area (TPSA) is 99.5 Å². The maximum absolute atomic E-state index is 14.2. The molecule has 0 spiro atoms. The molecule has 0 aliphatic carbocycles. The Labute approximate surface area is 307 Å². The highest BCUT2D eigenvalue weighted by molar-refractivity contribution is 7.99. The molecule has 0 bridgehead atoms. The standard InChI is InChI=1S/C40H46N4O4S3/c1-27-17-21-29(22-18-27)50(45,46)43-25-35(39(3,4)5)41-37(43)31-13-9-11-15-33(31)49-34-16-12-10-14-32(34)38-42-36(40(6,7)8)26-44(38)51(47,48)30-23-19-28(2)20-24-30/h9-24,35-36H,25-26H2,1-8H3/t35-,36-/m1/s1. The summed E-state index contributed by atoms with van der Waals surface area (Å²) in [7, 11) is -7.86. The highest BCUT2D eigenvalue weighted by Crippen LogP contribution is 2.40. The molecule has 0 unspecified atom stereocenters. The Morgan fingerprint density at radius 2 is 0.882 bits per heavy atom. The summed E-state index contributed by atoms with van der Waals surface area (Å²) in [4.78, 5) is 12.2. The third-order valence-electron chi connectivity index (χ3n) is 9.40. The van der Waals surface area contributed by atoms with Crippen molar-refractivity contribution >= 4 is 43.5 Å². The van der Waals surface area contributed by atoms with Crippen molar-refractivity contribution in [3.63, 3.8) is 0 Å². The minimum Gasteiger partial charge on any atom is -0.261 e. The Bertz CT molecular complexity index is 2060. The fourth-order valence-corrected chi connectivity index (χ4v) is 9.99. The average Bonchev–Trinajstić information content (AvgIpc) is 3.73. The molecule has 0 N–H and O–H groups in total. The van der Waals surface area contributed by atoms with Gasteiger partial charge in [-0.15, -0.1) is 0 Å². The Morgan fingerprint density at radius 3 is 1.22 bits per heavy atom. The van der Waals surface area contributed by atoms with Gasteiger partial charge in [0.1, 0.15) is 11.7 Å². The van der Waals surface area contributed by atoms with Crippen LogP contribution in [-0.4, -0.2) is 62.3 Å². The van der Waals surface area contributed by atoms with Crippen LogP contribution in [0.4, 0.5) is 0 Å². The minimum atomic E-state index is -3.93. The second-order valence-corrected chi connectivity index (χ2v) is 20.3. The summed E-state index contributed by atoms with van der Waals surface area (Å²) in [5.41, 5.74) is 2.75. The van der Waals surface area contributed by atoms with Crippen LogP contribution in [0.25, 0.3) is 0 Å². The zero-order valence-electron chi connectivity index (χ0n) is 30.5. The predicted molar refractivity (Wildman–Crippen MR) is 207 cm³/mol. The molecule has 4 aromatic carbocycles. The molecule has 0 amide bonds. The van der Waals surface area contributed by atoms with Gasteiger partial charge in [-0.25, -0.2) is 25.4 Å². The van der Waals surface area contributed by atoms with Crippen molar-refractivity contribution in [3.05, 3.63) is 119 Å². The molecule has 8 nitrogen and oxygen atoms in total. The zero-order valence-corrected chi connectivity index (χ0v) is 32.9. The van der Waals surface area contributed by atoms with Gasteiger partial charge < -0.3 is 0 Å². The van der Waals surface area contributed by atoms with Crippen LogP contribution >= 0.6 is 11.8 Å². The summed E-state index contributed by atoms with van der Waals surface area (Å²) < 4.78 is 59.8. The zero-order chi connectivity index (χ0) is 36.9. The lowest BCUT2D eigenvalue weighted by molar-refractivity contribution is 0.316. The number of aryl methyl sites for hydroxylation is 2. The second kappa shape index (κ2) is 13.6. The lowest BCUT2D eigenvalue weighted by atomic mass is 9.88. The first-order valence-electron chi connectivity index (χ1n) is 17.1. The molecule has 51 heavy (non-hydrogen) atoms. The van der Waals surface area contributed by atoms with Crippen LogP contribution in [0.5, 0.6) is 0 Å². The molecule has 2 atom stereocenters. The second-order valence-electron chi connectivity index (χ2n) is 15.5. The molecule has 2 heterocycles. The van der Waals surface area contributed by atoms with Crippen molar-refractivity contribution in [2.24, 2.45) is 20.8 Å². The van der Waals surface area contributed by atoms with Gasteiger partial charge in [0, 0.05) is 20.9 Å². The van der Waals surface area contributed by atoms with Gasteiger partial charge in [0.2, 0.25) is 0 Å². The van der Waals surface area contributed by atoms with Crippen LogP contribution < -0.4 is 0 Å². The summed E-state index contributed by atoms with van der Waals surface area (Å²) in [6.07, 6.45) is 0. The Hall–Kier alpha value is -3.93. The molecule has 0 radical (unpaired) electrons. The highest BCUT2D eigenvalue weighted by Gasteiger charge is 2.42. The smallest absolute Gasteiger partial charge is 0.261 e. The van der Waals surface area contributed by atoms with Crippen molar-refractivity contribution in [2.75, 3.05) is 13.1 Å². The van der Waals surface area contributed by atoms with Gasteiger partial charge in [0.05, 0.1) is 35.0 Å².